The maximum absolute atomic E-state index is 13.1. The van der Waals surface area contributed by atoms with E-state index in [1.54, 1.807) is 19.4 Å². The van der Waals surface area contributed by atoms with Gasteiger partial charge in [-0.2, -0.15) is 0 Å². The van der Waals surface area contributed by atoms with Gasteiger partial charge in [0.2, 0.25) is 0 Å². The van der Waals surface area contributed by atoms with Crippen molar-refractivity contribution in [1.29, 1.82) is 0 Å². The second kappa shape index (κ2) is 11.1. The van der Waals surface area contributed by atoms with Gasteiger partial charge in [0, 0.05) is 43.2 Å². The van der Waals surface area contributed by atoms with Crippen molar-refractivity contribution in [1.82, 2.24) is 10.3 Å². The van der Waals surface area contributed by atoms with Crippen LogP contribution in [0.5, 0.6) is 0 Å². The number of pyridine rings is 1. The summed E-state index contributed by atoms with van der Waals surface area (Å²) < 4.78 is 5.36. The minimum atomic E-state index is -0.177. The largest absolute Gasteiger partial charge is 0.383 e. The maximum atomic E-state index is 13.1. The van der Waals surface area contributed by atoms with Gasteiger partial charge in [0.1, 0.15) is 5.82 Å². The molecule has 192 valence electrons. The molecule has 7 nitrogen and oxygen atoms in total. The number of hydrogen-bond acceptors (Lipinski definition) is 5. The number of methoxy groups -OCH3 is 1. The molecule has 2 aliphatic rings. The highest BCUT2D eigenvalue weighted by Crippen LogP contribution is 2.29. The van der Waals surface area contributed by atoms with Gasteiger partial charge in [-0.05, 0) is 91.6 Å². The molecule has 2 heterocycles. The Bertz CT molecular complexity index is 1270. The Labute approximate surface area is 218 Å². The number of hydrogen-bond donors (Lipinski definition) is 2. The monoisotopic (exact) mass is 498 g/mol. The van der Waals surface area contributed by atoms with Crippen molar-refractivity contribution in [3.8, 4) is 11.1 Å². The highest BCUT2D eigenvalue weighted by Gasteiger charge is 2.26. The van der Waals surface area contributed by atoms with E-state index in [9.17, 15) is 9.59 Å². The van der Waals surface area contributed by atoms with E-state index in [-0.39, 0.29) is 17.9 Å². The fourth-order valence-corrected chi connectivity index (χ4v) is 4.90. The summed E-state index contributed by atoms with van der Waals surface area (Å²) in [7, 11) is 1.71. The number of carbonyl (C=O) groups excluding carboxylic acids is 2. The first-order valence-corrected chi connectivity index (χ1v) is 13.0. The minimum absolute atomic E-state index is 0.0321. The van der Waals surface area contributed by atoms with Crippen LogP contribution in [0.3, 0.4) is 0 Å². The van der Waals surface area contributed by atoms with Crippen molar-refractivity contribution in [3.63, 3.8) is 0 Å². The maximum Gasteiger partial charge on any atom is 0.255 e. The molecule has 5 rings (SSSR count). The lowest BCUT2D eigenvalue weighted by Crippen LogP contribution is -2.33. The Morgan fingerprint density at radius 3 is 2.57 bits per heavy atom. The molecule has 0 bridgehead atoms. The van der Waals surface area contributed by atoms with E-state index in [1.807, 2.05) is 55.5 Å². The molecule has 1 unspecified atom stereocenters. The van der Waals surface area contributed by atoms with Gasteiger partial charge in [0.15, 0.2) is 0 Å². The predicted molar refractivity (Wildman–Crippen MR) is 146 cm³/mol. The Morgan fingerprint density at radius 1 is 1.00 bits per heavy atom. The number of benzene rings is 2. The highest BCUT2D eigenvalue weighted by molar-refractivity contribution is 6.05. The number of aromatic nitrogens is 1. The molecule has 2 amide bonds. The summed E-state index contributed by atoms with van der Waals surface area (Å²) in [6.45, 7) is 4.36. The molecule has 2 aromatic carbocycles. The van der Waals surface area contributed by atoms with Gasteiger partial charge < -0.3 is 20.3 Å². The molecule has 2 fully saturated rings. The molecule has 1 saturated carbocycles. The molecule has 7 heteroatoms. The second-order valence-corrected chi connectivity index (χ2v) is 10.1. The van der Waals surface area contributed by atoms with Crippen molar-refractivity contribution in [2.75, 3.05) is 37.0 Å². The lowest BCUT2D eigenvalue weighted by molar-refractivity contribution is 0.0951. The third kappa shape index (κ3) is 6.00. The third-order valence-corrected chi connectivity index (χ3v) is 7.24. The van der Waals surface area contributed by atoms with E-state index < -0.39 is 0 Å². The van der Waals surface area contributed by atoms with Gasteiger partial charge in [-0.3, -0.25) is 9.59 Å². The predicted octanol–water partition coefficient (Wildman–Crippen LogP) is 5.06. The Hall–Kier alpha value is -3.71. The van der Waals surface area contributed by atoms with Gasteiger partial charge >= 0.3 is 0 Å². The molecule has 0 spiro atoms. The topological polar surface area (TPSA) is 83.6 Å². The summed E-state index contributed by atoms with van der Waals surface area (Å²) in [5.41, 5.74) is 5.04. The van der Waals surface area contributed by atoms with Crippen molar-refractivity contribution in [2.24, 2.45) is 5.92 Å². The van der Waals surface area contributed by atoms with Crippen LogP contribution in [0.4, 0.5) is 11.5 Å². The number of aryl methyl sites for hydroxylation is 1. The van der Waals surface area contributed by atoms with Crippen LogP contribution >= 0.6 is 0 Å². The van der Waals surface area contributed by atoms with Crippen LogP contribution in [0.2, 0.25) is 0 Å². The van der Waals surface area contributed by atoms with Crippen LogP contribution < -0.4 is 15.5 Å². The number of rotatable bonds is 9. The number of nitrogens with one attached hydrogen (secondary N) is 2. The molecule has 37 heavy (non-hydrogen) atoms. The number of nitrogens with zero attached hydrogens (tertiary/aromatic N) is 2. The number of carbonyl (C=O) groups is 2. The molecule has 2 N–H and O–H groups in total. The highest BCUT2D eigenvalue weighted by atomic mass is 16.5. The standard InChI is InChI=1S/C30H34N4O3/c1-20-5-12-25(17-27(20)22-8-10-23(11-9-22)29(35)32-18-21-6-7-21)33-30(36)24-13-14-31-28(16-24)34-15-3-4-26(34)19-37-2/h5,8-14,16-17,21,26H,3-4,6-7,15,18-19H2,1-2H3,(H,32,35)(H,33,36). The van der Waals surface area contributed by atoms with Crippen LogP contribution in [-0.4, -0.2) is 49.6 Å². The normalized spacial score (nSPS) is 17.0. The van der Waals surface area contributed by atoms with Crippen LogP contribution in [-0.2, 0) is 4.74 Å². The Kier molecular flexibility index (Phi) is 7.51. The van der Waals surface area contributed by atoms with E-state index in [0.717, 1.165) is 48.4 Å². The second-order valence-electron chi connectivity index (χ2n) is 10.1. The molecule has 1 atom stereocenters. The van der Waals surface area contributed by atoms with Gasteiger partial charge in [0.25, 0.3) is 11.8 Å². The van der Waals surface area contributed by atoms with Crippen LogP contribution in [0.25, 0.3) is 11.1 Å². The Balaban J connectivity index is 1.28. The first-order chi connectivity index (χ1) is 18.0. The van der Waals surface area contributed by atoms with Gasteiger partial charge in [0.05, 0.1) is 12.6 Å². The van der Waals surface area contributed by atoms with Crippen LogP contribution in [0.15, 0.2) is 60.8 Å². The average molecular weight is 499 g/mol. The summed E-state index contributed by atoms with van der Waals surface area (Å²) in [5.74, 6) is 1.24. The van der Waals surface area contributed by atoms with E-state index >= 15 is 0 Å². The lowest BCUT2D eigenvalue weighted by Gasteiger charge is -2.25. The van der Waals surface area contributed by atoms with Crippen molar-refractivity contribution in [2.45, 2.75) is 38.6 Å². The zero-order chi connectivity index (χ0) is 25.8. The number of anilines is 2. The fourth-order valence-electron chi connectivity index (χ4n) is 4.90. The molecule has 0 radical (unpaired) electrons. The average Bonchev–Trinajstić information content (AvgIpc) is 3.64. The SMILES string of the molecule is COCC1CCCN1c1cc(C(=O)Nc2ccc(C)c(-c3ccc(C(=O)NCC4CC4)cc3)c2)ccn1. The van der Waals surface area contributed by atoms with Gasteiger partial charge in [-0.15, -0.1) is 0 Å². The quantitative estimate of drug-likeness (QED) is 0.431. The summed E-state index contributed by atoms with van der Waals surface area (Å²) >= 11 is 0. The first kappa shape index (κ1) is 25.0. The van der Waals surface area contributed by atoms with E-state index in [1.165, 1.54) is 12.8 Å². The third-order valence-electron chi connectivity index (χ3n) is 7.24. The fraction of sp³-hybridized carbons (Fsp3) is 0.367. The summed E-state index contributed by atoms with van der Waals surface area (Å²) in [6, 6.07) is 17.4. The number of amides is 2. The molecule has 1 aliphatic carbocycles. The van der Waals surface area contributed by atoms with E-state index in [4.69, 9.17) is 4.74 Å². The summed E-state index contributed by atoms with van der Waals surface area (Å²) in [6.07, 6.45) is 6.26. The zero-order valence-electron chi connectivity index (χ0n) is 21.5. The van der Waals surface area contributed by atoms with Crippen molar-refractivity contribution in [3.05, 3.63) is 77.5 Å². The zero-order valence-corrected chi connectivity index (χ0v) is 21.5. The van der Waals surface area contributed by atoms with Crippen molar-refractivity contribution < 1.29 is 14.3 Å². The van der Waals surface area contributed by atoms with Gasteiger partial charge in [-0.25, -0.2) is 4.98 Å². The summed E-state index contributed by atoms with van der Waals surface area (Å²) in [5, 5.41) is 6.05. The van der Waals surface area contributed by atoms with E-state index in [2.05, 4.69) is 20.5 Å². The minimum Gasteiger partial charge on any atom is -0.383 e. The van der Waals surface area contributed by atoms with Gasteiger partial charge in [-0.1, -0.05) is 18.2 Å². The molecule has 1 aromatic heterocycles. The van der Waals surface area contributed by atoms with Crippen LogP contribution in [0, 0.1) is 12.8 Å². The number of ether oxygens (including phenoxy) is 1. The summed E-state index contributed by atoms with van der Waals surface area (Å²) in [4.78, 5) is 32.3. The van der Waals surface area contributed by atoms with E-state index in [0.29, 0.717) is 29.3 Å². The first-order valence-electron chi connectivity index (χ1n) is 13.0. The lowest BCUT2D eigenvalue weighted by atomic mass is 9.98. The molecule has 1 aliphatic heterocycles. The Morgan fingerprint density at radius 2 is 1.81 bits per heavy atom. The molecule has 1 saturated heterocycles. The van der Waals surface area contributed by atoms with Crippen LogP contribution in [0.1, 0.15) is 52.0 Å². The van der Waals surface area contributed by atoms with Crippen molar-refractivity contribution >= 4 is 23.3 Å². The molecule has 3 aromatic rings. The molecular weight excluding hydrogens is 464 g/mol. The molecular formula is C30H34N4O3. The smallest absolute Gasteiger partial charge is 0.255 e.